The van der Waals surface area contributed by atoms with Crippen LogP contribution in [-0.2, 0) is 42.9 Å². The molecule has 0 fully saturated rings. The molecular weight excluding hydrogens is 799 g/mol. The number of ether oxygens (including phenoxy) is 4. The summed E-state index contributed by atoms with van der Waals surface area (Å²) in [5.74, 6) is -2.45. The Hall–Kier alpha value is -3.25. The van der Waals surface area contributed by atoms with Crippen LogP contribution in [0.25, 0.3) is 0 Å². The normalized spacial score (nSPS) is 12.4. The van der Waals surface area contributed by atoms with Crippen LogP contribution in [0.15, 0.2) is 24.3 Å². The fourth-order valence-corrected chi connectivity index (χ4v) is 6.94. The summed E-state index contributed by atoms with van der Waals surface area (Å²) in [4.78, 5) is 62.1. The Morgan fingerprint density at radius 2 is 0.873 bits per heavy atom. The van der Waals surface area contributed by atoms with Crippen molar-refractivity contribution in [1.29, 1.82) is 0 Å². The highest BCUT2D eigenvalue weighted by molar-refractivity contribution is 5.81. The Bertz CT molecular complexity index is 1180. The fraction of sp³-hybridized carbons (Fsp3) is 0.824. The van der Waals surface area contributed by atoms with Crippen LogP contribution in [0.1, 0.15) is 226 Å². The number of nitrogens with one attached hydrogen (secondary N) is 1. The number of carbonyl (C=O) groups is 5. The van der Waals surface area contributed by atoms with E-state index in [4.69, 9.17) is 30.4 Å². The van der Waals surface area contributed by atoms with Crippen LogP contribution in [0.3, 0.4) is 0 Å². The second-order valence-corrected chi connectivity index (χ2v) is 17.0. The van der Waals surface area contributed by atoms with Crippen LogP contribution >= 0.6 is 0 Å². The van der Waals surface area contributed by atoms with Crippen LogP contribution in [0.2, 0.25) is 0 Å². The summed E-state index contributed by atoms with van der Waals surface area (Å²) in [5, 5.41) is 2.62. The molecule has 63 heavy (non-hydrogen) atoms. The Morgan fingerprint density at radius 3 is 1.33 bits per heavy atom. The lowest BCUT2D eigenvalue weighted by Crippen LogP contribution is -2.42. The van der Waals surface area contributed by atoms with E-state index in [0.29, 0.717) is 25.8 Å². The molecule has 12 heteroatoms. The van der Waals surface area contributed by atoms with E-state index in [9.17, 15) is 24.0 Å². The highest BCUT2D eigenvalue weighted by Crippen LogP contribution is 2.13. The number of unbranched alkanes of at least 4 members (excludes halogenated alkanes) is 23. The van der Waals surface area contributed by atoms with Gasteiger partial charge in [-0.3, -0.25) is 24.0 Å². The van der Waals surface area contributed by atoms with Gasteiger partial charge in [-0.15, -0.1) is 0 Å². The largest absolute Gasteiger partial charge is 0.464 e. The molecule has 366 valence electrons. The van der Waals surface area contributed by atoms with Crippen molar-refractivity contribution >= 4 is 29.8 Å². The first kappa shape index (κ1) is 59.8. The lowest BCUT2D eigenvalue weighted by Gasteiger charge is -2.18. The lowest BCUT2D eigenvalue weighted by atomic mass is 10.1. The number of allylic oxidation sites excluding steroid dienone is 4. The second kappa shape index (κ2) is 46.7. The van der Waals surface area contributed by atoms with Crippen molar-refractivity contribution in [3.8, 4) is 0 Å². The van der Waals surface area contributed by atoms with Gasteiger partial charge in [0, 0.05) is 12.8 Å². The molecule has 1 unspecified atom stereocenters. The highest BCUT2D eigenvalue weighted by Gasteiger charge is 2.20. The van der Waals surface area contributed by atoms with Gasteiger partial charge in [-0.2, -0.15) is 0 Å². The van der Waals surface area contributed by atoms with Crippen molar-refractivity contribution < 1.29 is 42.9 Å². The maximum absolute atomic E-state index is 12.8. The standard InChI is InChI=1S/C51H93N3O9/c1-3-5-7-9-11-13-15-17-19-21-23-25-27-29-31-36-47(55)61-43-45(63-50(58)37-32-30-28-26-24-22-20-18-16-14-12-10-8-6-4-2)44-62-49(57)39-38-48(56)60-42-41-54-51(59)46(53)35-33-34-40-52/h17-20,45-46H,3-16,21-44,52-53H2,1-2H3,(H,54,59)/b19-17-,20-18-/t45-,46?/m0/s1. The number of hydrogen-bond acceptors (Lipinski definition) is 11. The number of nitrogens with two attached hydrogens (primary N) is 2. The van der Waals surface area contributed by atoms with Crippen molar-refractivity contribution in [1.82, 2.24) is 5.32 Å². The molecule has 0 bridgehead atoms. The third-order valence-electron chi connectivity index (χ3n) is 10.9. The first-order valence-electron chi connectivity index (χ1n) is 25.4. The van der Waals surface area contributed by atoms with Gasteiger partial charge in [-0.25, -0.2) is 0 Å². The maximum atomic E-state index is 12.8. The SMILES string of the molecule is CCCCCCCC/C=C\CCCCCCCC(=O)OC[C@@H](COC(=O)CCC(=O)OCCNC(=O)C(N)CCCCN)OC(=O)CCCCCCC/C=C\CCCCCCCC. The summed E-state index contributed by atoms with van der Waals surface area (Å²) in [6.45, 7) is 4.54. The minimum atomic E-state index is -0.958. The van der Waals surface area contributed by atoms with Gasteiger partial charge in [0.25, 0.3) is 0 Å². The van der Waals surface area contributed by atoms with E-state index in [1.807, 2.05) is 0 Å². The van der Waals surface area contributed by atoms with Crippen molar-refractivity contribution in [2.75, 3.05) is 32.9 Å². The smallest absolute Gasteiger partial charge is 0.306 e. The molecule has 0 saturated carbocycles. The molecular formula is C51H93N3O9. The molecule has 0 saturated heterocycles. The first-order valence-corrected chi connectivity index (χ1v) is 25.4. The lowest BCUT2D eigenvalue weighted by molar-refractivity contribution is -0.167. The van der Waals surface area contributed by atoms with Crippen molar-refractivity contribution in [3.05, 3.63) is 24.3 Å². The van der Waals surface area contributed by atoms with E-state index in [-0.39, 0.29) is 63.9 Å². The monoisotopic (exact) mass is 892 g/mol. The minimum absolute atomic E-state index is 0.0633. The third kappa shape index (κ3) is 43.8. The average molecular weight is 892 g/mol. The van der Waals surface area contributed by atoms with Crippen molar-refractivity contribution in [2.24, 2.45) is 11.5 Å². The van der Waals surface area contributed by atoms with Gasteiger partial charge in [0.2, 0.25) is 5.91 Å². The van der Waals surface area contributed by atoms with Crippen LogP contribution in [0.4, 0.5) is 0 Å². The molecule has 0 heterocycles. The summed E-state index contributed by atoms with van der Waals surface area (Å²) < 4.78 is 21.5. The number of hydrogen-bond donors (Lipinski definition) is 3. The number of esters is 4. The topological polar surface area (TPSA) is 186 Å². The van der Waals surface area contributed by atoms with E-state index in [1.54, 1.807) is 0 Å². The average Bonchev–Trinajstić information content (AvgIpc) is 3.27. The molecule has 0 aliphatic rings. The molecule has 1 amide bonds. The van der Waals surface area contributed by atoms with Gasteiger partial charge in [-0.1, -0.05) is 147 Å². The summed E-state index contributed by atoms with van der Waals surface area (Å²) >= 11 is 0. The van der Waals surface area contributed by atoms with E-state index in [2.05, 4.69) is 43.5 Å². The molecule has 0 aromatic carbocycles. The Morgan fingerprint density at radius 1 is 0.476 bits per heavy atom. The van der Waals surface area contributed by atoms with Gasteiger partial charge in [0.1, 0.15) is 19.8 Å². The molecule has 0 aromatic heterocycles. The van der Waals surface area contributed by atoms with E-state index in [0.717, 1.165) is 83.5 Å². The molecule has 0 aliphatic heterocycles. The molecule has 0 radical (unpaired) electrons. The first-order chi connectivity index (χ1) is 30.7. The molecule has 0 spiro atoms. The Labute approximate surface area is 383 Å². The van der Waals surface area contributed by atoms with Gasteiger partial charge in [0.15, 0.2) is 6.10 Å². The number of amides is 1. The highest BCUT2D eigenvalue weighted by atomic mass is 16.6. The van der Waals surface area contributed by atoms with Crippen molar-refractivity contribution in [2.45, 2.75) is 238 Å². The minimum Gasteiger partial charge on any atom is -0.464 e. The van der Waals surface area contributed by atoms with E-state index < -0.39 is 30.1 Å². The van der Waals surface area contributed by atoms with Gasteiger partial charge in [0.05, 0.1) is 25.4 Å². The van der Waals surface area contributed by atoms with Crippen molar-refractivity contribution in [3.63, 3.8) is 0 Å². The summed E-state index contributed by atoms with van der Waals surface area (Å²) in [5.41, 5.74) is 11.3. The van der Waals surface area contributed by atoms with Crippen LogP contribution in [0.5, 0.6) is 0 Å². The fourth-order valence-electron chi connectivity index (χ4n) is 6.94. The summed E-state index contributed by atoms with van der Waals surface area (Å²) in [7, 11) is 0. The molecule has 12 nitrogen and oxygen atoms in total. The quantitative estimate of drug-likeness (QED) is 0.0228. The zero-order valence-corrected chi connectivity index (χ0v) is 40.2. The predicted octanol–water partition coefficient (Wildman–Crippen LogP) is 11.0. The molecule has 0 aromatic rings. The number of rotatable bonds is 46. The zero-order chi connectivity index (χ0) is 46.3. The van der Waals surface area contributed by atoms with Gasteiger partial charge >= 0.3 is 23.9 Å². The maximum Gasteiger partial charge on any atom is 0.306 e. The third-order valence-corrected chi connectivity index (χ3v) is 10.9. The molecule has 5 N–H and O–H groups in total. The zero-order valence-electron chi connectivity index (χ0n) is 40.2. The predicted molar refractivity (Wildman–Crippen MR) is 255 cm³/mol. The Balaban J connectivity index is 4.56. The number of carbonyl (C=O) groups excluding carboxylic acids is 5. The molecule has 0 rings (SSSR count). The summed E-state index contributed by atoms with van der Waals surface area (Å²) in [6.07, 6.45) is 40.5. The molecule has 0 aliphatic carbocycles. The summed E-state index contributed by atoms with van der Waals surface area (Å²) in [6, 6.07) is -0.655. The second-order valence-electron chi connectivity index (χ2n) is 17.0. The van der Waals surface area contributed by atoms with E-state index in [1.165, 1.54) is 83.5 Å². The van der Waals surface area contributed by atoms with Gasteiger partial charge in [-0.05, 0) is 83.6 Å². The van der Waals surface area contributed by atoms with Crippen LogP contribution < -0.4 is 16.8 Å². The molecule has 2 atom stereocenters. The van der Waals surface area contributed by atoms with E-state index >= 15 is 0 Å². The van der Waals surface area contributed by atoms with Gasteiger partial charge < -0.3 is 35.7 Å². The van der Waals surface area contributed by atoms with Crippen LogP contribution in [0, 0.1) is 0 Å². The Kier molecular flexibility index (Phi) is 44.3. The van der Waals surface area contributed by atoms with Crippen LogP contribution in [-0.4, -0.2) is 74.8 Å².